The molecule has 0 aliphatic carbocycles. The first-order valence-corrected chi connectivity index (χ1v) is 5.90. The molecule has 1 rings (SSSR count). The monoisotopic (exact) mass is 236 g/mol. The van der Waals surface area contributed by atoms with Crippen LogP contribution in [0.1, 0.15) is 12.5 Å². The Morgan fingerprint density at radius 1 is 1.36 bits per heavy atom. The first-order valence-electron chi connectivity index (χ1n) is 4.07. The van der Waals surface area contributed by atoms with Gasteiger partial charge in [0, 0.05) is 5.02 Å². The third-order valence-electron chi connectivity index (χ3n) is 1.92. The molecule has 1 unspecified atom stereocenters. The summed E-state index contributed by atoms with van der Waals surface area (Å²) in [5.41, 5.74) is 0.753. The topological polar surface area (TPSA) is 34.1 Å². The predicted molar refractivity (Wildman–Crippen MR) is 54.6 cm³/mol. The first-order chi connectivity index (χ1) is 6.39. The van der Waals surface area contributed by atoms with Gasteiger partial charge >= 0.3 is 10.2 Å². The molecule has 0 saturated carbocycles. The van der Waals surface area contributed by atoms with Gasteiger partial charge in [-0.3, -0.25) is 0 Å². The van der Waals surface area contributed by atoms with Crippen LogP contribution in [0.5, 0.6) is 0 Å². The van der Waals surface area contributed by atoms with Crippen molar-refractivity contribution in [3.8, 4) is 0 Å². The second kappa shape index (κ2) is 4.28. The Bertz CT molecular complexity index is 399. The summed E-state index contributed by atoms with van der Waals surface area (Å²) in [4.78, 5) is 0. The lowest BCUT2D eigenvalue weighted by Gasteiger charge is -2.06. The Hall–Kier alpha value is -0.610. The van der Waals surface area contributed by atoms with Crippen molar-refractivity contribution in [2.45, 2.75) is 18.6 Å². The van der Waals surface area contributed by atoms with Crippen molar-refractivity contribution in [2.75, 3.05) is 0 Å². The van der Waals surface area contributed by atoms with Crippen LogP contribution in [0, 0.1) is 0 Å². The standard InChI is InChI=1S/C9H10ClFO2S/c1-7(14(11,12)13)6-8-2-4-9(10)5-3-8/h2-5,7H,6H2,1H3. The highest BCUT2D eigenvalue weighted by Crippen LogP contribution is 2.14. The maximum absolute atomic E-state index is 12.5. The van der Waals surface area contributed by atoms with E-state index in [2.05, 4.69) is 0 Å². The molecule has 0 spiro atoms. The quantitative estimate of drug-likeness (QED) is 0.756. The van der Waals surface area contributed by atoms with Crippen LogP contribution in [-0.4, -0.2) is 13.7 Å². The molecular weight excluding hydrogens is 227 g/mol. The van der Waals surface area contributed by atoms with Crippen molar-refractivity contribution >= 4 is 21.8 Å². The van der Waals surface area contributed by atoms with Gasteiger partial charge in [0.15, 0.2) is 0 Å². The Kier molecular flexibility index (Phi) is 3.50. The SMILES string of the molecule is CC(Cc1ccc(Cl)cc1)S(=O)(=O)F. The summed E-state index contributed by atoms with van der Waals surface area (Å²) in [5, 5.41) is -0.437. The summed E-state index contributed by atoms with van der Waals surface area (Å²) in [7, 11) is -4.44. The van der Waals surface area contributed by atoms with E-state index in [4.69, 9.17) is 11.6 Å². The molecule has 0 amide bonds. The van der Waals surface area contributed by atoms with Gasteiger partial charge in [-0.1, -0.05) is 23.7 Å². The van der Waals surface area contributed by atoms with Crippen LogP contribution in [0.15, 0.2) is 24.3 Å². The van der Waals surface area contributed by atoms with Crippen LogP contribution in [-0.2, 0) is 16.6 Å². The highest BCUT2D eigenvalue weighted by molar-refractivity contribution is 7.87. The van der Waals surface area contributed by atoms with E-state index < -0.39 is 15.5 Å². The highest BCUT2D eigenvalue weighted by Gasteiger charge is 2.19. The zero-order valence-corrected chi connectivity index (χ0v) is 9.15. The number of benzene rings is 1. The Morgan fingerprint density at radius 2 is 1.86 bits per heavy atom. The summed E-state index contributed by atoms with van der Waals surface area (Å²) < 4.78 is 33.5. The van der Waals surface area contributed by atoms with Gasteiger partial charge in [0.05, 0.1) is 5.25 Å². The molecule has 0 fully saturated rings. The summed E-state index contributed by atoms with van der Waals surface area (Å²) >= 11 is 5.65. The second-order valence-electron chi connectivity index (χ2n) is 3.12. The Labute approximate surface area is 87.9 Å². The Balaban J connectivity index is 2.75. The zero-order chi connectivity index (χ0) is 10.8. The van der Waals surface area contributed by atoms with Crippen LogP contribution in [0.25, 0.3) is 0 Å². The molecule has 0 saturated heterocycles. The average molecular weight is 237 g/mol. The molecule has 0 bridgehead atoms. The Morgan fingerprint density at radius 3 is 2.29 bits per heavy atom. The molecule has 1 aromatic carbocycles. The molecule has 2 nitrogen and oxygen atoms in total. The summed E-state index contributed by atoms with van der Waals surface area (Å²) in [5.74, 6) is 0. The van der Waals surface area contributed by atoms with Crippen molar-refractivity contribution in [3.63, 3.8) is 0 Å². The largest absolute Gasteiger partial charge is 0.305 e. The van der Waals surface area contributed by atoms with Crippen LogP contribution < -0.4 is 0 Å². The minimum Gasteiger partial charge on any atom is -0.195 e. The number of hydrogen-bond acceptors (Lipinski definition) is 2. The van der Waals surface area contributed by atoms with Crippen molar-refractivity contribution in [3.05, 3.63) is 34.9 Å². The maximum Gasteiger partial charge on any atom is 0.305 e. The van der Waals surface area contributed by atoms with Gasteiger partial charge in [-0.15, -0.1) is 3.89 Å². The molecule has 0 aliphatic heterocycles. The highest BCUT2D eigenvalue weighted by atomic mass is 35.5. The zero-order valence-electron chi connectivity index (χ0n) is 7.57. The molecule has 1 atom stereocenters. The summed E-state index contributed by atoms with van der Waals surface area (Å²) in [6.07, 6.45) is 0.163. The fourth-order valence-corrected chi connectivity index (χ4v) is 1.57. The van der Waals surface area contributed by atoms with Crippen LogP contribution in [0.2, 0.25) is 5.02 Å². The predicted octanol–water partition coefficient (Wildman–Crippen LogP) is 2.57. The molecule has 0 N–H and O–H groups in total. The number of rotatable bonds is 3. The smallest absolute Gasteiger partial charge is 0.195 e. The molecule has 5 heteroatoms. The van der Waals surface area contributed by atoms with Gasteiger partial charge in [0.25, 0.3) is 0 Å². The fraction of sp³-hybridized carbons (Fsp3) is 0.333. The number of halogens is 2. The van der Waals surface area contributed by atoms with Gasteiger partial charge in [-0.05, 0) is 31.0 Å². The summed E-state index contributed by atoms with van der Waals surface area (Å²) in [6.45, 7) is 1.34. The lowest BCUT2D eigenvalue weighted by Crippen LogP contribution is -2.15. The molecular formula is C9H10ClFO2S. The van der Waals surface area contributed by atoms with E-state index in [9.17, 15) is 12.3 Å². The lowest BCUT2D eigenvalue weighted by molar-refractivity contribution is 0.537. The third-order valence-corrected chi connectivity index (χ3v) is 3.30. The number of hydrogen-bond donors (Lipinski definition) is 0. The normalized spacial score (nSPS) is 13.9. The van der Waals surface area contributed by atoms with Crippen molar-refractivity contribution in [1.29, 1.82) is 0 Å². The van der Waals surface area contributed by atoms with E-state index in [1.165, 1.54) is 6.92 Å². The van der Waals surface area contributed by atoms with Crippen LogP contribution >= 0.6 is 11.6 Å². The minimum atomic E-state index is -4.44. The van der Waals surface area contributed by atoms with E-state index in [-0.39, 0.29) is 6.42 Å². The molecule has 14 heavy (non-hydrogen) atoms. The fourth-order valence-electron chi connectivity index (χ4n) is 1.05. The molecule has 0 aromatic heterocycles. The van der Waals surface area contributed by atoms with E-state index >= 15 is 0 Å². The van der Waals surface area contributed by atoms with Crippen molar-refractivity contribution < 1.29 is 12.3 Å². The maximum atomic E-state index is 12.5. The average Bonchev–Trinajstić information content (AvgIpc) is 2.07. The summed E-state index contributed by atoms with van der Waals surface area (Å²) in [6, 6.07) is 6.66. The molecule has 0 heterocycles. The third kappa shape index (κ3) is 3.27. The lowest BCUT2D eigenvalue weighted by atomic mass is 10.1. The second-order valence-corrected chi connectivity index (χ2v) is 5.31. The first kappa shape index (κ1) is 11.5. The van der Waals surface area contributed by atoms with Crippen LogP contribution in [0.4, 0.5) is 3.89 Å². The van der Waals surface area contributed by atoms with Gasteiger partial charge in [-0.2, -0.15) is 8.42 Å². The molecule has 0 radical (unpaired) electrons. The van der Waals surface area contributed by atoms with Gasteiger partial charge in [0.2, 0.25) is 0 Å². The van der Waals surface area contributed by atoms with Crippen molar-refractivity contribution in [2.24, 2.45) is 0 Å². The van der Waals surface area contributed by atoms with E-state index in [1.807, 2.05) is 0 Å². The van der Waals surface area contributed by atoms with Gasteiger partial charge in [0.1, 0.15) is 0 Å². The van der Waals surface area contributed by atoms with Crippen molar-refractivity contribution in [1.82, 2.24) is 0 Å². The molecule has 1 aromatic rings. The van der Waals surface area contributed by atoms with Crippen LogP contribution in [0.3, 0.4) is 0 Å². The van der Waals surface area contributed by atoms with E-state index in [0.717, 1.165) is 5.56 Å². The molecule has 78 valence electrons. The molecule has 0 aliphatic rings. The minimum absolute atomic E-state index is 0.163. The van der Waals surface area contributed by atoms with Gasteiger partial charge in [-0.25, -0.2) is 0 Å². The van der Waals surface area contributed by atoms with E-state index in [1.54, 1.807) is 24.3 Å². The van der Waals surface area contributed by atoms with E-state index in [0.29, 0.717) is 5.02 Å². The van der Waals surface area contributed by atoms with Gasteiger partial charge < -0.3 is 0 Å².